The second kappa shape index (κ2) is 5.99. The Labute approximate surface area is 145 Å². The third-order valence-corrected chi connectivity index (χ3v) is 11.3. The number of allylic oxidation sites excluding steroid dienone is 4. The number of halogens is 1. The highest BCUT2D eigenvalue weighted by Gasteiger charge is 2.51. The molecule has 2 bridgehead atoms. The van der Waals surface area contributed by atoms with E-state index in [1.807, 2.05) is 21.5 Å². The number of rotatable bonds is 3. The van der Waals surface area contributed by atoms with E-state index in [-0.39, 0.29) is 7.92 Å². The Kier molecular flexibility index (Phi) is 4.36. The largest absolute Gasteiger partial charge is 0.501 e. The molecule has 0 N–H and O–H groups in total. The number of methoxy groups -OCH3 is 1. The highest BCUT2D eigenvalue weighted by atomic mass is 127. The van der Waals surface area contributed by atoms with Crippen LogP contribution in [0.2, 0.25) is 0 Å². The van der Waals surface area contributed by atoms with Crippen molar-refractivity contribution in [3.63, 3.8) is 0 Å². The zero-order chi connectivity index (χ0) is 14.4. The highest BCUT2D eigenvalue weighted by Crippen LogP contribution is 2.69. The van der Waals surface area contributed by atoms with Gasteiger partial charge < -0.3 is 4.74 Å². The van der Waals surface area contributed by atoms with E-state index in [0.29, 0.717) is 5.41 Å². The average molecular weight is 435 g/mol. The van der Waals surface area contributed by atoms with Gasteiger partial charge in [-0.2, -0.15) is 0 Å². The van der Waals surface area contributed by atoms with Crippen molar-refractivity contribution in [1.82, 2.24) is 4.31 Å². The molecule has 21 heavy (non-hydrogen) atoms. The van der Waals surface area contributed by atoms with Crippen molar-refractivity contribution in [1.29, 1.82) is 0 Å². The van der Waals surface area contributed by atoms with E-state index in [2.05, 4.69) is 37.7 Å². The summed E-state index contributed by atoms with van der Waals surface area (Å²) in [5.74, 6) is 1.21. The first-order valence-corrected chi connectivity index (χ1v) is 12.9. The van der Waals surface area contributed by atoms with Gasteiger partial charge in [0.1, 0.15) is 0 Å². The lowest BCUT2D eigenvalue weighted by Gasteiger charge is -2.42. The lowest BCUT2D eigenvalue weighted by molar-refractivity contribution is 0.229. The van der Waals surface area contributed by atoms with Crippen LogP contribution >= 0.6 is 38.2 Å². The SMILES string of the molecule is COC1=CC=C(P2CC3CC2CN3SI)C2(CCCC2)C1. The maximum Gasteiger partial charge on any atom is 0.0964 e. The van der Waals surface area contributed by atoms with E-state index in [0.717, 1.165) is 11.7 Å². The molecule has 0 aromatic carbocycles. The molecule has 2 aliphatic carbocycles. The Morgan fingerprint density at radius 2 is 2.19 bits per heavy atom. The molecule has 116 valence electrons. The molecule has 2 nitrogen and oxygen atoms in total. The van der Waals surface area contributed by atoms with Crippen LogP contribution in [-0.2, 0) is 4.74 Å². The molecule has 4 aliphatic rings. The van der Waals surface area contributed by atoms with Gasteiger partial charge in [0.15, 0.2) is 0 Å². The fourth-order valence-electron chi connectivity index (χ4n) is 4.87. The van der Waals surface area contributed by atoms with Crippen molar-refractivity contribution >= 4 is 38.2 Å². The van der Waals surface area contributed by atoms with E-state index < -0.39 is 0 Å². The Balaban J connectivity index is 1.61. The van der Waals surface area contributed by atoms with Crippen LogP contribution in [0.15, 0.2) is 23.2 Å². The second-order valence-corrected chi connectivity index (χ2v) is 11.2. The standard InChI is InChI=1S/C16H23INOPS/c1-19-13-4-5-15(16(9-13)6-2-3-7-16)20-11-12-8-14(20)10-18(12)21-17/h4-5,12,14H,2-3,6-11H2,1H3. The number of hydrogen-bond acceptors (Lipinski definition) is 3. The molecule has 2 aliphatic heterocycles. The molecule has 2 heterocycles. The first-order valence-electron chi connectivity index (χ1n) is 8.03. The molecular formula is C16H23INOPS. The molecule has 0 aromatic rings. The molecule has 4 rings (SSSR count). The zero-order valence-corrected chi connectivity index (χ0v) is 16.4. The van der Waals surface area contributed by atoms with Crippen molar-refractivity contribution in [3.05, 3.63) is 23.2 Å². The van der Waals surface area contributed by atoms with Gasteiger partial charge >= 0.3 is 0 Å². The van der Waals surface area contributed by atoms with Crippen LogP contribution in [0.1, 0.15) is 38.5 Å². The fraction of sp³-hybridized carbons (Fsp3) is 0.750. The quantitative estimate of drug-likeness (QED) is 0.339. The van der Waals surface area contributed by atoms with Gasteiger partial charge in [-0.25, -0.2) is 4.31 Å². The summed E-state index contributed by atoms with van der Waals surface area (Å²) >= 11 is 2.46. The van der Waals surface area contributed by atoms with Gasteiger partial charge in [0, 0.05) is 45.6 Å². The third-order valence-electron chi connectivity index (χ3n) is 5.89. The monoisotopic (exact) mass is 435 g/mol. The third kappa shape index (κ3) is 2.53. The Bertz CT molecular complexity index is 489. The first kappa shape index (κ1) is 15.3. The van der Waals surface area contributed by atoms with Crippen molar-refractivity contribution < 1.29 is 4.74 Å². The first-order chi connectivity index (χ1) is 10.3. The molecule has 0 aromatic heterocycles. The van der Waals surface area contributed by atoms with Crippen LogP contribution in [0, 0.1) is 5.41 Å². The van der Waals surface area contributed by atoms with Crippen LogP contribution < -0.4 is 0 Å². The summed E-state index contributed by atoms with van der Waals surface area (Å²) < 4.78 is 8.23. The molecule has 1 saturated carbocycles. The molecule has 1 spiro atoms. The van der Waals surface area contributed by atoms with Crippen LogP contribution in [0.5, 0.6) is 0 Å². The Morgan fingerprint density at radius 3 is 2.81 bits per heavy atom. The molecule has 5 heteroatoms. The average Bonchev–Trinajstić information content (AvgIpc) is 3.22. The summed E-state index contributed by atoms with van der Waals surface area (Å²) in [6.45, 7) is 1.33. The lowest BCUT2D eigenvalue weighted by atomic mass is 9.79. The predicted octanol–water partition coefficient (Wildman–Crippen LogP) is 5.30. The van der Waals surface area contributed by atoms with Crippen molar-refractivity contribution in [2.75, 3.05) is 19.8 Å². The summed E-state index contributed by atoms with van der Waals surface area (Å²) in [7, 11) is 3.88. The van der Waals surface area contributed by atoms with Crippen molar-refractivity contribution in [2.45, 2.75) is 50.2 Å². The highest BCUT2D eigenvalue weighted by molar-refractivity contribution is 14.2. The van der Waals surface area contributed by atoms with Crippen molar-refractivity contribution in [3.8, 4) is 0 Å². The minimum atomic E-state index is 0.110. The predicted molar refractivity (Wildman–Crippen MR) is 101 cm³/mol. The number of hydrogen-bond donors (Lipinski definition) is 0. The number of nitrogens with zero attached hydrogens (tertiary/aromatic N) is 1. The molecule has 3 unspecified atom stereocenters. The molecule has 0 amide bonds. The fourth-order valence-corrected chi connectivity index (χ4v) is 10.8. The summed E-state index contributed by atoms with van der Waals surface area (Å²) in [4.78, 5) is 0. The molecule has 0 radical (unpaired) electrons. The second-order valence-electron chi connectivity index (χ2n) is 6.92. The summed E-state index contributed by atoms with van der Waals surface area (Å²) in [6.07, 6.45) is 14.5. The molecular weight excluding hydrogens is 412 g/mol. The number of ether oxygens (including phenoxy) is 1. The minimum Gasteiger partial charge on any atom is -0.501 e. The molecule has 2 saturated heterocycles. The maximum atomic E-state index is 5.60. The van der Waals surface area contributed by atoms with Crippen LogP contribution in [0.3, 0.4) is 0 Å². The van der Waals surface area contributed by atoms with Gasteiger partial charge in [0.25, 0.3) is 0 Å². The van der Waals surface area contributed by atoms with E-state index >= 15 is 0 Å². The maximum absolute atomic E-state index is 5.60. The molecule has 3 fully saturated rings. The lowest BCUT2D eigenvalue weighted by Crippen LogP contribution is -2.31. The number of fused-ring (bicyclic) bond motifs is 2. The summed E-state index contributed by atoms with van der Waals surface area (Å²) in [5.41, 5.74) is 1.45. The Morgan fingerprint density at radius 1 is 1.38 bits per heavy atom. The van der Waals surface area contributed by atoms with E-state index in [1.54, 1.807) is 0 Å². The van der Waals surface area contributed by atoms with E-state index in [9.17, 15) is 0 Å². The summed E-state index contributed by atoms with van der Waals surface area (Å²) in [5, 5.41) is 1.86. The van der Waals surface area contributed by atoms with Crippen LogP contribution in [0.25, 0.3) is 0 Å². The van der Waals surface area contributed by atoms with Crippen molar-refractivity contribution in [2.24, 2.45) is 5.41 Å². The van der Waals surface area contributed by atoms with E-state index in [1.165, 1.54) is 57.0 Å². The Hall–Kier alpha value is 0.750. The van der Waals surface area contributed by atoms with Gasteiger partial charge in [0.05, 0.1) is 12.9 Å². The van der Waals surface area contributed by atoms with Gasteiger partial charge in [-0.05, 0) is 51.6 Å². The van der Waals surface area contributed by atoms with E-state index in [4.69, 9.17) is 4.74 Å². The normalized spacial score (nSPS) is 37.9. The summed E-state index contributed by atoms with van der Waals surface area (Å²) in [6, 6.07) is 0.857. The van der Waals surface area contributed by atoms with Gasteiger partial charge in [-0.3, -0.25) is 0 Å². The van der Waals surface area contributed by atoms with Crippen LogP contribution in [-0.4, -0.2) is 35.8 Å². The smallest absolute Gasteiger partial charge is 0.0964 e. The minimum absolute atomic E-state index is 0.110. The van der Waals surface area contributed by atoms with Gasteiger partial charge in [-0.15, -0.1) is 0 Å². The zero-order valence-electron chi connectivity index (χ0n) is 12.6. The van der Waals surface area contributed by atoms with Gasteiger partial charge in [-0.1, -0.05) is 26.8 Å². The molecule has 3 atom stereocenters. The van der Waals surface area contributed by atoms with Crippen LogP contribution in [0.4, 0.5) is 0 Å². The topological polar surface area (TPSA) is 12.5 Å². The van der Waals surface area contributed by atoms with Gasteiger partial charge in [0.2, 0.25) is 0 Å².